The van der Waals surface area contributed by atoms with Gasteiger partial charge in [-0.1, -0.05) is 11.3 Å². The lowest BCUT2D eigenvalue weighted by atomic mass is 10.4. The molecule has 16 heavy (non-hydrogen) atoms. The monoisotopic (exact) mass is 239 g/mol. The maximum atomic E-state index is 11.2. The molecule has 1 aromatic rings. The lowest BCUT2D eigenvalue weighted by Crippen LogP contribution is -2.28. The summed E-state index contributed by atoms with van der Waals surface area (Å²) in [4.78, 5) is 29.2. The van der Waals surface area contributed by atoms with Gasteiger partial charge in [-0.3, -0.25) is 9.59 Å². The van der Waals surface area contributed by atoms with Crippen molar-refractivity contribution >= 4 is 28.2 Å². The molecule has 0 radical (unpaired) electrons. The predicted octanol–water partition coefficient (Wildman–Crippen LogP) is 0.672. The lowest BCUT2D eigenvalue weighted by Gasteiger charge is -2.17. The van der Waals surface area contributed by atoms with E-state index in [4.69, 9.17) is 0 Å². The number of amides is 1. The third kappa shape index (κ3) is 2.38. The zero-order valence-corrected chi connectivity index (χ0v) is 9.84. The molecular weight excluding hydrogens is 226 g/mol. The fourth-order valence-electron chi connectivity index (χ4n) is 1.53. The van der Waals surface area contributed by atoms with Crippen molar-refractivity contribution in [3.05, 3.63) is 11.1 Å². The molecule has 1 aliphatic heterocycles. The first-order valence-electron chi connectivity index (χ1n) is 5.15. The van der Waals surface area contributed by atoms with Crippen LogP contribution >= 0.6 is 11.3 Å². The Labute approximate surface area is 97.5 Å². The average Bonchev–Trinajstić information content (AvgIpc) is 2.63. The molecule has 2 heterocycles. The van der Waals surface area contributed by atoms with Crippen LogP contribution in [-0.2, 0) is 4.79 Å². The van der Waals surface area contributed by atoms with Gasteiger partial charge in [0.2, 0.25) is 5.91 Å². The van der Waals surface area contributed by atoms with Crippen molar-refractivity contribution in [1.29, 1.82) is 0 Å². The summed E-state index contributed by atoms with van der Waals surface area (Å²) < 4.78 is 0. The molecule has 1 amide bonds. The number of ketones is 1. The minimum Gasteiger partial charge on any atom is -0.354 e. The molecule has 6 heteroatoms. The van der Waals surface area contributed by atoms with Crippen LogP contribution in [0.15, 0.2) is 6.20 Å². The van der Waals surface area contributed by atoms with Crippen LogP contribution in [0.25, 0.3) is 0 Å². The van der Waals surface area contributed by atoms with E-state index in [2.05, 4.69) is 10.3 Å². The fourth-order valence-corrected chi connectivity index (χ4v) is 2.40. The third-order valence-corrected chi connectivity index (χ3v) is 3.58. The van der Waals surface area contributed by atoms with Crippen molar-refractivity contribution in [1.82, 2.24) is 10.3 Å². The van der Waals surface area contributed by atoms with Crippen LogP contribution in [0.2, 0.25) is 0 Å². The van der Waals surface area contributed by atoms with Crippen molar-refractivity contribution in [2.24, 2.45) is 0 Å². The van der Waals surface area contributed by atoms with E-state index in [0.717, 1.165) is 11.7 Å². The highest BCUT2D eigenvalue weighted by molar-refractivity contribution is 7.17. The summed E-state index contributed by atoms with van der Waals surface area (Å²) in [5, 5.41) is 3.62. The molecule has 2 rings (SSSR count). The molecule has 1 fully saturated rings. The quantitative estimate of drug-likeness (QED) is 0.771. The number of anilines is 1. The predicted molar refractivity (Wildman–Crippen MR) is 62.0 cm³/mol. The van der Waals surface area contributed by atoms with Crippen LogP contribution in [0.3, 0.4) is 0 Å². The van der Waals surface area contributed by atoms with E-state index in [-0.39, 0.29) is 11.7 Å². The van der Waals surface area contributed by atoms with E-state index in [9.17, 15) is 9.59 Å². The van der Waals surface area contributed by atoms with Crippen LogP contribution < -0.4 is 10.2 Å². The normalized spacial score (nSPS) is 16.8. The van der Waals surface area contributed by atoms with Gasteiger partial charge in [0.25, 0.3) is 0 Å². The molecule has 1 saturated heterocycles. The van der Waals surface area contributed by atoms with Gasteiger partial charge in [0.05, 0.1) is 11.1 Å². The van der Waals surface area contributed by atoms with Crippen LogP contribution in [0.4, 0.5) is 5.13 Å². The standard InChI is InChI=1S/C10H13N3O2S/c1-7(14)8-6-12-10(16-8)13-4-2-9(15)11-3-5-13/h6H,2-5H2,1H3,(H,11,15). The first-order chi connectivity index (χ1) is 7.66. The summed E-state index contributed by atoms with van der Waals surface area (Å²) in [6.45, 7) is 3.58. The van der Waals surface area contributed by atoms with E-state index >= 15 is 0 Å². The Balaban J connectivity index is 2.10. The molecule has 86 valence electrons. The maximum Gasteiger partial charge on any atom is 0.221 e. The van der Waals surface area contributed by atoms with Gasteiger partial charge >= 0.3 is 0 Å². The second kappa shape index (κ2) is 4.61. The van der Waals surface area contributed by atoms with Gasteiger partial charge < -0.3 is 10.2 Å². The van der Waals surface area contributed by atoms with Crippen molar-refractivity contribution in [3.8, 4) is 0 Å². The molecule has 0 bridgehead atoms. The number of thiazole rings is 1. The number of nitrogens with one attached hydrogen (secondary N) is 1. The topological polar surface area (TPSA) is 62.3 Å². The number of rotatable bonds is 2. The molecule has 1 N–H and O–H groups in total. The van der Waals surface area contributed by atoms with Gasteiger partial charge in [-0.05, 0) is 0 Å². The van der Waals surface area contributed by atoms with E-state index in [1.54, 1.807) is 6.20 Å². The van der Waals surface area contributed by atoms with E-state index in [1.807, 2.05) is 4.90 Å². The van der Waals surface area contributed by atoms with Crippen LogP contribution in [0, 0.1) is 0 Å². The van der Waals surface area contributed by atoms with Crippen LogP contribution in [0.1, 0.15) is 23.0 Å². The van der Waals surface area contributed by atoms with Gasteiger partial charge in [-0.2, -0.15) is 0 Å². The first-order valence-corrected chi connectivity index (χ1v) is 5.97. The molecule has 5 nitrogen and oxygen atoms in total. The second-order valence-corrected chi connectivity index (χ2v) is 4.66. The summed E-state index contributed by atoms with van der Waals surface area (Å²) in [7, 11) is 0. The molecule has 1 aliphatic rings. The SMILES string of the molecule is CC(=O)c1cnc(N2CCNC(=O)CC2)s1. The third-order valence-electron chi connectivity index (χ3n) is 2.42. The summed E-state index contributed by atoms with van der Waals surface area (Å²) in [6, 6.07) is 0. The van der Waals surface area contributed by atoms with Gasteiger partial charge in [-0.15, -0.1) is 0 Å². The van der Waals surface area contributed by atoms with Gasteiger partial charge in [0.15, 0.2) is 10.9 Å². The second-order valence-electron chi connectivity index (χ2n) is 3.65. The number of Topliss-reactive ketones (excluding diaryl/α,β-unsaturated/α-hetero) is 1. The molecular formula is C10H13N3O2S. The Morgan fingerprint density at radius 3 is 3.06 bits per heavy atom. The molecule has 0 unspecified atom stereocenters. The zero-order valence-electron chi connectivity index (χ0n) is 9.02. The fraction of sp³-hybridized carbons (Fsp3) is 0.500. The Hall–Kier alpha value is -1.43. The minimum atomic E-state index is 0.0350. The Morgan fingerprint density at radius 1 is 1.56 bits per heavy atom. The minimum absolute atomic E-state index is 0.0350. The number of nitrogens with zero attached hydrogens (tertiary/aromatic N) is 2. The van der Waals surface area contributed by atoms with Crippen molar-refractivity contribution < 1.29 is 9.59 Å². The summed E-state index contributed by atoms with van der Waals surface area (Å²) in [5.41, 5.74) is 0. The summed E-state index contributed by atoms with van der Waals surface area (Å²) in [6.07, 6.45) is 2.08. The highest BCUT2D eigenvalue weighted by atomic mass is 32.1. The van der Waals surface area contributed by atoms with Crippen molar-refractivity contribution in [2.45, 2.75) is 13.3 Å². The Kier molecular flexibility index (Phi) is 3.19. The van der Waals surface area contributed by atoms with Crippen LogP contribution in [0.5, 0.6) is 0 Å². The Morgan fingerprint density at radius 2 is 2.38 bits per heavy atom. The molecule has 0 atom stereocenters. The number of hydrogen-bond acceptors (Lipinski definition) is 5. The number of hydrogen-bond donors (Lipinski definition) is 1. The van der Waals surface area contributed by atoms with E-state index in [0.29, 0.717) is 24.4 Å². The molecule has 0 spiro atoms. The lowest BCUT2D eigenvalue weighted by molar-refractivity contribution is -0.120. The number of aromatic nitrogens is 1. The molecule has 0 aromatic carbocycles. The highest BCUT2D eigenvalue weighted by Gasteiger charge is 2.17. The average molecular weight is 239 g/mol. The Bertz CT molecular complexity index is 416. The maximum absolute atomic E-state index is 11.2. The summed E-state index contributed by atoms with van der Waals surface area (Å²) >= 11 is 1.38. The number of carbonyl (C=O) groups excluding carboxylic acids is 2. The zero-order chi connectivity index (χ0) is 11.5. The molecule has 0 saturated carbocycles. The van der Waals surface area contributed by atoms with Crippen LogP contribution in [-0.4, -0.2) is 36.3 Å². The van der Waals surface area contributed by atoms with Gasteiger partial charge in [0, 0.05) is 33.0 Å². The summed E-state index contributed by atoms with van der Waals surface area (Å²) in [5.74, 6) is 0.110. The molecule has 1 aromatic heterocycles. The molecule has 0 aliphatic carbocycles. The largest absolute Gasteiger partial charge is 0.354 e. The smallest absolute Gasteiger partial charge is 0.221 e. The first kappa shape index (κ1) is 11.1. The van der Waals surface area contributed by atoms with Crippen molar-refractivity contribution in [2.75, 3.05) is 24.5 Å². The van der Waals surface area contributed by atoms with E-state index in [1.165, 1.54) is 18.3 Å². The van der Waals surface area contributed by atoms with Crippen molar-refractivity contribution in [3.63, 3.8) is 0 Å². The van der Waals surface area contributed by atoms with E-state index < -0.39 is 0 Å². The number of carbonyl (C=O) groups is 2. The highest BCUT2D eigenvalue weighted by Crippen LogP contribution is 2.23. The van der Waals surface area contributed by atoms with Gasteiger partial charge in [-0.25, -0.2) is 4.98 Å². The van der Waals surface area contributed by atoms with Gasteiger partial charge in [0.1, 0.15) is 0 Å².